The number of hydrogen-bond acceptors (Lipinski definition) is 4. The molecule has 0 atom stereocenters. The Morgan fingerprint density at radius 1 is 0.879 bits per heavy atom. The van der Waals surface area contributed by atoms with E-state index >= 15 is 0 Å². The number of unbranched alkanes of at least 4 members (excludes halogenated alkanes) is 3. The lowest BCUT2D eigenvalue weighted by Crippen LogP contribution is -2.27. The summed E-state index contributed by atoms with van der Waals surface area (Å²) in [4.78, 5) is 34.2. The first-order valence-electron chi connectivity index (χ1n) is 11.1. The quantitative estimate of drug-likeness (QED) is 0.380. The van der Waals surface area contributed by atoms with Crippen LogP contribution in [-0.4, -0.2) is 42.8 Å². The van der Waals surface area contributed by atoms with Gasteiger partial charge in [0.1, 0.15) is 6.61 Å². The number of amides is 2. The number of carbonyl (C=O) groups is 3. The van der Waals surface area contributed by atoms with E-state index in [1.54, 1.807) is 0 Å². The second-order valence-electron chi connectivity index (χ2n) is 7.79. The Kier molecular flexibility index (Phi) is 8.89. The second-order valence-corrected chi connectivity index (χ2v) is 7.79. The fraction of sp³-hybridized carbons (Fsp3) is 0.346. The van der Waals surface area contributed by atoms with Gasteiger partial charge in [0.25, 0.3) is 5.91 Å². The van der Waals surface area contributed by atoms with Crippen molar-refractivity contribution in [2.45, 2.75) is 38.0 Å². The minimum atomic E-state index is -0.787. The molecule has 0 aromatic heterocycles. The average molecular weight is 449 g/mol. The van der Waals surface area contributed by atoms with E-state index in [9.17, 15) is 14.4 Å². The third kappa shape index (κ3) is 7.11. The lowest BCUT2D eigenvalue weighted by Gasteiger charge is -2.14. The highest BCUT2D eigenvalue weighted by Crippen LogP contribution is 2.44. The summed E-state index contributed by atoms with van der Waals surface area (Å²) in [5, 5.41) is 13.8. The molecule has 7 nitrogen and oxygen atoms in total. The predicted octanol–water partition coefficient (Wildman–Crippen LogP) is 3.68. The molecule has 1 aliphatic rings. The van der Waals surface area contributed by atoms with Crippen LogP contribution in [0.5, 0.6) is 0 Å². The van der Waals surface area contributed by atoms with Gasteiger partial charge in [0.05, 0.1) is 6.54 Å². The monoisotopic (exact) mass is 448 g/mol. The molecule has 0 saturated heterocycles. The van der Waals surface area contributed by atoms with Crippen LogP contribution < -0.4 is 10.6 Å². The van der Waals surface area contributed by atoms with E-state index in [4.69, 9.17) is 9.84 Å². The molecule has 0 spiro atoms. The molecule has 0 saturated carbocycles. The van der Waals surface area contributed by atoms with Gasteiger partial charge in [-0.2, -0.15) is 0 Å². The first-order valence-corrected chi connectivity index (χ1v) is 11.1. The third-order valence-electron chi connectivity index (χ3n) is 5.47. The Labute approximate surface area is 193 Å². The van der Waals surface area contributed by atoms with Gasteiger partial charge in [-0.15, -0.1) is 0 Å². The van der Waals surface area contributed by atoms with E-state index in [1.165, 1.54) is 11.1 Å². The van der Waals surface area contributed by atoms with Crippen molar-refractivity contribution in [3.63, 3.8) is 0 Å². The van der Waals surface area contributed by atoms with Gasteiger partial charge in [0.15, 0.2) is 0 Å². The van der Waals surface area contributed by atoms with E-state index < -0.39 is 18.0 Å². The maximum atomic E-state index is 12.1. The lowest BCUT2D eigenvalue weighted by atomic mass is 9.98. The highest BCUT2D eigenvalue weighted by atomic mass is 16.5. The molecule has 33 heavy (non-hydrogen) atoms. The van der Waals surface area contributed by atoms with Crippen molar-refractivity contribution in [3.05, 3.63) is 59.7 Å². The number of aliphatic carboxylic acids is 1. The standard InChI is InChI=1S/C26H28N2O5/c29-24(27-16-8-2-1-3-15-25(30)31)14-9-17-28-26(32)33-18-23-21-12-6-4-10-19(21)20-11-5-7-13-22(20)23/h4-7,10-13,23H,1-3,8,15-18H2,(H,27,29)(H,28,32)(H,30,31). The summed E-state index contributed by atoms with van der Waals surface area (Å²) in [5.41, 5.74) is 4.62. The van der Waals surface area contributed by atoms with Crippen molar-refractivity contribution < 1.29 is 24.2 Å². The van der Waals surface area contributed by atoms with Gasteiger partial charge in [-0.1, -0.05) is 67.3 Å². The van der Waals surface area contributed by atoms with Crippen LogP contribution in [0.2, 0.25) is 0 Å². The van der Waals surface area contributed by atoms with E-state index in [2.05, 4.69) is 46.7 Å². The second kappa shape index (κ2) is 12.3. The van der Waals surface area contributed by atoms with Crippen molar-refractivity contribution in [1.29, 1.82) is 0 Å². The number of carbonyl (C=O) groups excluding carboxylic acids is 2. The molecule has 0 radical (unpaired) electrons. The van der Waals surface area contributed by atoms with Crippen LogP contribution in [0, 0.1) is 11.8 Å². The molecule has 172 valence electrons. The van der Waals surface area contributed by atoms with E-state index in [-0.39, 0.29) is 25.5 Å². The van der Waals surface area contributed by atoms with Crippen molar-refractivity contribution in [1.82, 2.24) is 10.6 Å². The molecule has 2 aromatic rings. The number of benzene rings is 2. The number of ether oxygens (including phenoxy) is 1. The molecule has 2 amide bonds. The molecule has 2 aromatic carbocycles. The summed E-state index contributed by atoms with van der Waals surface area (Å²) in [5.74, 6) is 3.84. The van der Waals surface area contributed by atoms with Gasteiger partial charge in [-0.3, -0.25) is 9.59 Å². The maximum Gasteiger partial charge on any atom is 0.407 e. The Morgan fingerprint density at radius 2 is 1.52 bits per heavy atom. The van der Waals surface area contributed by atoms with Gasteiger partial charge < -0.3 is 20.5 Å². The SMILES string of the molecule is O=C(O)CCCCCCNC(=O)C#CCNC(=O)OCC1c2ccccc2-c2ccccc21. The highest BCUT2D eigenvalue weighted by molar-refractivity contribution is 5.93. The summed E-state index contributed by atoms with van der Waals surface area (Å²) >= 11 is 0. The molecule has 0 aliphatic heterocycles. The molecule has 7 heteroatoms. The minimum absolute atomic E-state index is 0.0101. The van der Waals surface area contributed by atoms with Gasteiger partial charge in [-0.05, 0) is 41.0 Å². The molecule has 0 heterocycles. The Hall–Kier alpha value is -3.79. The van der Waals surface area contributed by atoms with Crippen LogP contribution in [0.4, 0.5) is 4.79 Å². The predicted molar refractivity (Wildman–Crippen MR) is 125 cm³/mol. The molecule has 0 bridgehead atoms. The maximum absolute atomic E-state index is 12.1. The van der Waals surface area contributed by atoms with Crippen molar-refractivity contribution in [3.8, 4) is 23.0 Å². The van der Waals surface area contributed by atoms with E-state index in [1.807, 2.05) is 24.3 Å². The largest absolute Gasteiger partial charge is 0.481 e. The fourth-order valence-electron chi connectivity index (χ4n) is 3.89. The zero-order valence-electron chi connectivity index (χ0n) is 18.4. The zero-order chi connectivity index (χ0) is 23.5. The summed E-state index contributed by atoms with van der Waals surface area (Å²) in [6.07, 6.45) is 2.68. The highest BCUT2D eigenvalue weighted by Gasteiger charge is 2.28. The first kappa shape index (κ1) is 23.9. The van der Waals surface area contributed by atoms with Crippen LogP contribution >= 0.6 is 0 Å². The molecule has 3 N–H and O–H groups in total. The van der Waals surface area contributed by atoms with Crippen molar-refractivity contribution in [2.24, 2.45) is 0 Å². The Morgan fingerprint density at radius 3 is 2.18 bits per heavy atom. The van der Waals surface area contributed by atoms with Gasteiger partial charge in [-0.25, -0.2) is 4.79 Å². The number of hydrogen-bond donors (Lipinski definition) is 3. The fourth-order valence-corrected chi connectivity index (χ4v) is 3.89. The number of carboxylic acids is 1. The van der Waals surface area contributed by atoms with Crippen LogP contribution in [0.25, 0.3) is 11.1 Å². The normalized spacial score (nSPS) is 11.5. The van der Waals surface area contributed by atoms with Crippen LogP contribution in [0.15, 0.2) is 48.5 Å². The number of fused-ring (bicyclic) bond motifs is 3. The molecular weight excluding hydrogens is 420 g/mol. The van der Waals surface area contributed by atoms with Crippen molar-refractivity contribution >= 4 is 18.0 Å². The summed E-state index contributed by atoms with van der Waals surface area (Å²) in [6.45, 7) is 0.722. The van der Waals surface area contributed by atoms with Gasteiger partial charge >= 0.3 is 12.1 Å². The third-order valence-corrected chi connectivity index (χ3v) is 5.47. The van der Waals surface area contributed by atoms with Crippen LogP contribution in [-0.2, 0) is 14.3 Å². The molecule has 0 unspecified atom stereocenters. The van der Waals surface area contributed by atoms with Crippen LogP contribution in [0.1, 0.15) is 49.1 Å². The first-order chi connectivity index (χ1) is 16.1. The topological polar surface area (TPSA) is 105 Å². The van der Waals surface area contributed by atoms with Gasteiger partial charge in [0, 0.05) is 18.9 Å². The number of rotatable bonds is 10. The average Bonchev–Trinajstić information content (AvgIpc) is 3.13. The molecule has 1 aliphatic carbocycles. The summed E-state index contributed by atoms with van der Waals surface area (Å²) in [6, 6.07) is 16.2. The number of alkyl carbamates (subject to hydrolysis) is 1. The van der Waals surface area contributed by atoms with Gasteiger partial charge in [0.2, 0.25) is 0 Å². The smallest absolute Gasteiger partial charge is 0.407 e. The number of carboxylic acid groups (broad SMARTS) is 1. The van der Waals surface area contributed by atoms with Crippen molar-refractivity contribution in [2.75, 3.05) is 19.7 Å². The molecule has 3 rings (SSSR count). The molecular formula is C26H28N2O5. The Balaban J connectivity index is 1.34. The minimum Gasteiger partial charge on any atom is -0.481 e. The summed E-state index contributed by atoms with van der Waals surface area (Å²) in [7, 11) is 0. The molecule has 0 fully saturated rings. The zero-order valence-corrected chi connectivity index (χ0v) is 18.4. The summed E-state index contributed by atoms with van der Waals surface area (Å²) < 4.78 is 5.42. The lowest BCUT2D eigenvalue weighted by molar-refractivity contribution is -0.137. The Bertz CT molecular complexity index is 1010. The van der Waals surface area contributed by atoms with E-state index in [0.717, 1.165) is 30.4 Å². The van der Waals surface area contributed by atoms with E-state index in [0.29, 0.717) is 13.0 Å². The van der Waals surface area contributed by atoms with Crippen LogP contribution in [0.3, 0.4) is 0 Å². The number of nitrogens with one attached hydrogen (secondary N) is 2.